The van der Waals surface area contributed by atoms with Crippen molar-refractivity contribution in [3.8, 4) is 0 Å². The maximum atomic E-state index is 5.51. The number of ether oxygens (including phenoxy) is 2. The van der Waals surface area contributed by atoms with Crippen LogP contribution in [0.15, 0.2) is 0 Å². The van der Waals surface area contributed by atoms with Crippen LogP contribution in [-0.2, 0) is 9.47 Å². The highest BCUT2D eigenvalue weighted by Gasteiger charge is 2.10. The zero-order valence-corrected chi connectivity index (χ0v) is 16.2. The molecule has 0 bridgehead atoms. The lowest BCUT2D eigenvalue weighted by Gasteiger charge is -2.18. The first-order valence-electron chi connectivity index (χ1n) is 8.35. The molecule has 0 heterocycles. The molecule has 122 valence electrons. The van der Waals surface area contributed by atoms with E-state index >= 15 is 0 Å². The van der Waals surface area contributed by atoms with E-state index in [1.54, 1.807) is 0 Å². The summed E-state index contributed by atoms with van der Waals surface area (Å²) < 4.78 is 11.7. The standard InChI is InChI=1S/C17H35IO2/c1-5-6-7-10-19-14-20-11-8-9-15(2)12-16(3)13-17(4)18/h15-17H,5-14H2,1-4H3. The van der Waals surface area contributed by atoms with E-state index in [1.807, 2.05) is 0 Å². The Morgan fingerprint density at radius 2 is 1.50 bits per heavy atom. The van der Waals surface area contributed by atoms with Crippen molar-refractivity contribution in [3.05, 3.63) is 0 Å². The highest BCUT2D eigenvalue weighted by molar-refractivity contribution is 14.1. The van der Waals surface area contributed by atoms with Gasteiger partial charge in [0.1, 0.15) is 6.79 Å². The maximum absolute atomic E-state index is 5.51. The highest BCUT2D eigenvalue weighted by atomic mass is 127. The molecule has 0 aromatic heterocycles. The Hall–Kier alpha value is 0.650. The lowest BCUT2D eigenvalue weighted by Crippen LogP contribution is -2.08. The van der Waals surface area contributed by atoms with Crippen molar-refractivity contribution >= 4 is 22.6 Å². The first kappa shape index (κ1) is 20.6. The van der Waals surface area contributed by atoms with Gasteiger partial charge in [0.05, 0.1) is 0 Å². The predicted molar refractivity (Wildman–Crippen MR) is 96.6 cm³/mol. The van der Waals surface area contributed by atoms with Gasteiger partial charge in [0.15, 0.2) is 0 Å². The third kappa shape index (κ3) is 15.0. The molecule has 0 aliphatic rings. The zero-order chi connectivity index (χ0) is 15.2. The van der Waals surface area contributed by atoms with Crippen molar-refractivity contribution in [1.29, 1.82) is 0 Å². The highest BCUT2D eigenvalue weighted by Crippen LogP contribution is 2.22. The summed E-state index contributed by atoms with van der Waals surface area (Å²) in [7, 11) is 0. The van der Waals surface area contributed by atoms with Gasteiger partial charge in [-0.2, -0.15) is 0 Å². The van der Waals surface area contributed by atoms with Crippen LogP contribution in [0.1, 0.15) is 72.6 Å². The summed E-state index contributed by atoms with van der Waals surface area (Å²) in [5.74, 6) is 1.66. The van der Waals surface area contributed by atoms with Gasteiger partial charge in [-0.25, -0.2) is 0 Å². The van der Waals surface area contributed by atoms with Gasteiger partial charge in [-0.15, -0.1) is 0 Å². The van der Waals surface area contributed by atoms with E-state index in [9.17, 15) is 0 Å². The monoisotopic (exact) mass is 398 g/mol. The zero-order valence-electron chi connectivity index (χ0n) is 14.0. The second-order valence-corrected chi connectivity index (χ2v) is 8.37. The molecule has 0 N–H and O–H groups in total. The summed E-state index contributed by atoms with van der Waals surface area (Å²) >= 11 is 2.53. The summed E-state index contributed by atoms with van der Waals surface area (Å²) in [5, 5.41) is 0. The average molecular weight is 398 g/mol. The smallest absolute Gasteiger partial charge is 0.146 e. The van der Waals surface area contributed by atoms with Crippen LogP contribution >= 0.6 is 22.6 Å². The molecule has 0 aliphatic heterocycles. The summed E-state index contributed by atoms with van der Waals surface area (Å²) in [6.45, 7) is 11.4. The van der Waals surface area contributed by atoms with Gasteiger partial charge < -0.3 is 9.47 Å². The third-order valence-corrected chi connectivity index (χ3v) is 4.08. The molecule has 0 aromatic rings. The summed E-state index contributed by atoms with van der Waals surface area (Å²) in [6.07, 6.45) is 8.78. The molecule has 0 saturated heterocycles. The molecule has 0 rings (SSSR count). The first-order valence-corrected chi connectivity index (χ1v) is 9.60. The van der Waals surface area contributed by atoms with Gasteiger partial charge >= 0.3 is 0 Å². The van der Waals surface area contributed by atoms with E-state index in [1.165, 1.54) is 32.1 Å². The molecule has 3 heteroatoms. The fourth-order valence-electron chi connectivity index (χ4n) is 2.62. The van der Waals surface area contributed by atoms with Crippen molar-refractivity contribution in [2.75, 3.05) is 20.0 Å². The van der Waals surface area contributed by atoms with Crippen LogP contribution in [-0.4, -0.2) is 23.9 Å². The van der Waals surface area contributed by atoms with Crippen molar-refractivity contribution in [2.24, 2.45) is 11.8 Å². The van der Waals surface area contributed by atoms with Gasteiger partial charge in [0.25, 0.3) is 0 Å². The summed E-state index contributed by atoms with van der Waals surface area (Å²) in [4.78, 5) is 0. The molecule has 2 nitrogen and oxygen atoms in total. The van der Waals surface area contributed by atoms with Crippen LogP contribution in [0.5, 0.6) is 0 Å². The summed E-state index contributed by atoms with van der Waals surface area (Å²) in [6, 6.07) is 0. The Morgan fingerprint density at radius 1 is 0.850 bits per heavy atom. The largest absolute Gasteiger partial charge is 0.355 e. The quantitative estimate of drug-likeness (QED) is 0.159. The van der Waals surface area contributed by atoms with Crippen LogP contribution in [0.3, 0.4) is 0 Å². The van der Waals surface area contributed by atoms with E-state index < -0.39 is 0 Å². The van der Waals surface area contributed by atoms with Crippen LogP contribution in [0.4, 0.5) is 0 Å². The molecule has 0 radical (unpaired) electrons. The molecule has 0 aromatic carbocycles. The molecule has 0 saturated carbocycles. The fourth-order valence-corrected chi connectivity index (χ4v) is 3.49. The van der Waals surface area contributed by atoms with Gasteiger partial charge in [-0.05, 0) is 43.9 Å². The van der Waals surface area contributed by atoms with Crippen LogP contribution in [0, 0.1) is 11.8 Å². The van der Waals surface area contributed by atoms with Gasteiger partial charge in [0, 0.05) is 17.1 Å². The minimum Gasteiger partial charge on any atom is -0.355 e. The third-order valence-electron chi connectivity index (χ3n) is 3.58. The van der Waals surface area contributed by atoms with Gasteiger partial charge in [-0.3, -0.25) is 0 Å². The van der Waals surface area contributed by atoms with Crippen LogP contribution in [0.2, 0.25) is 0 Å². The topological polar surface area (TPSA) is 18.5 Å². The molecule has 0 fully saturated rings. The summed E-state index contributed by atoms with van der Waals surface area (Å²) in [5.41, 5.74) is 0. The Morgan fingerprint density at radius 3 is 2.10 bits per heavy atom. The number of hydrogen-bond donors (Lipinski definition) is 0. The molecule has 3 atom stereocenters. The molecule has 0 amide bonds. The Kier molecular flexibility index (Phi) is 15.1. The van der Waals surface area contributed by atoms with Crippen molar-refractivity contribution in [2.45, 2.75) is 76.6 Å². The number of rotatable bonds is 14. The van der Waals surface area contributed by atoms with Crippen LogP contribution < -0.4 is 0 Å². The van der Waals surface area contributed by atoms with E-state index in [0.717, 1.165) is 41.8 Å². The molecular weight excluding hydrogens is 363 g/mol. The maximum Gasteiger partial charge on any atom is 0.146 e. The van der Waals surface area contributed by atoms with Crippen LogP contribution in [0.25, 0.3) is 0 Å². The molecule has 3 unspecified atom stereocenters. The molecule has 20 heavy (non-hydrogen) atoms. The fraction of sp³-hybridized carbons (Fsp3) is 1.00. The minimum atomic E-state index is 0.473. The average Bonchev–Trinajstić information content (AvgIpc) is 2.35. The first-order chi connectivity index (χ1) is 9.56. The normalized spacial score (nSPS) is 16.1. The lowest BCUT2D eigenvalue weighted by molar-refractivity contribution is -0.0560. The molecule has 0 aliphatic carbocycles. The number of alkyl halides is 1. The van der Waals surface area contributed by atoms with Gasteiger partial charge in [0.2, 0.25) is 0 Å². The van der Waals surface area contributed by atoms with Crippen molar-refractivity contribution in [3.63, 3.8) is 0 Å². The second kappa shape index (κ2) is 14.6. The Bertz CT molecular complexity index is 197. The Labute approximate surface area is 140 Å². The molecular formula is C17H35IO2. The number of halogens is 1. The SMILES string of the molecule is CCCCCOCOCCCC(C)CC(C)CC(C)I. The van der Waals surface area contributed by atoms with Crippen molar-refractivity contribution in [1.82, 2.24) is 0 Å². The Balaban J connectivity index is 3.28. The minimum absolute atomic E-state index is 0.473. The van der Waals surface area contributed by atoms with Crippen molar-refractivity contribution < 1.29 is 9.47 Å². The van der Waals surface area contributed by atoms with E-state index in [2.05, 4.69) is 50.3 Å². The lowest BCUT2D eigenvalue weighted by atomic mass is 9.91. The number of hydrogen-bond acceptors (Lipinski definition) is 2. The van der Waals surface area contributed by atoms with E-state index in [0.29, 0.717) is 6.79 Å². The van der Waals surface area contributed by atoms with E-state index in [-0.39, 0.29) is 0 Å². The number of unbranched alkanes of at least 4 members (excludes halogenated alkanes) is 2. The van der Waals surface area contributed by atoms with Gasteiger partial charge in [-0.1, -0.05) is 63.1 Å². The second-order valence-electron chi connectivity index (χ2n) is 6.25. The molecule has 0 spiro atoms. The van der Waals surface area contributed by atoms with E-state index in [4.69, 9.17) is 9.47 Å². The predicted octanol–water partition coefficient (Wildman–Crippen LogP) is 5.82.